The van der Waals surface area contributed by atoms with Crippen LogP contribution in [-0.4, -0.2) is 11.7 Å². The molecule has 0 unspecified atom stereocenters. The van der Waals surface area contributed by atoms with Crippen molar-refractivity contribution < 1.29 is 5.11 Å². The topological polar surface area (TPSA) is 32.3 Å². The molecule has 0 saturated carbocycles. The maximum atomic E-state index is 9.15. The Balaban J connectivity index is 2.81. The smallest absolute Gasteiger partial charge is 0.139 e. The van der Waals surface area contributed by atoms with Gasteiger partial charge in [0.1, 0.15) is 5.75 Å². The molecule has 53 valence electrons. The Morgan fingerprint density at radius 3 is 3.10 bits per heavy atom. The number of anilines is 1. The first-order valence-electron chi connectivity index (χ1n) is 3.27. The van der Waals surface area contributed by atoms with Gasteiger partial charge in [-0.05, 0) is 25.1 Å². The molecule has 1 radical (unpaired) electrons. The van der Waals surface area contributed by atoms with Gasteiger partial charge in [0, 0.05) is 6.54 Å². The van der Waals surface area contributed by atoms with E-state index in [-0.39, 0.29) is 5.75 Å². The van der Waals surface area contributed by atoms with Crippen LogP contribution in [-0.2, 0) is 0 Å². The summed E-state index contributed by atoms with van der Waals surface area (Å²) < 4.78 is 0. The van der Waals surface area contributed by atoms with Crippen LogP contribution in [0.15, 0.2) is 18.2 Å². The fourth-order valence-electron chi connectivity index (χ4n) is 0.762. The second-order valence-corrected chi connectivity index (χ2v) is 1.97. The Morgan fingerprint density at radius 1 is 1.70 bits per heavy atom. The van der Waals surface area contributed by atoms with Crippen LogP contribution < -0.4 is 5.32 Å². The van der Waals surface area contributed by atoms with Crippen LogP contribution in [0.25, 0.3) is 0 Å². The van der Waals surface area contributed by atoms with Crippen molar-refractivity contribution in [1.82, 2.24) is 0 Å². The summed E-state index contributed by atoms with van der Waals surface area (Å²) in [7, 11) is 0. The zero-order chi connectivity index (χ0) is 7.40. The first-order chi connectivity index (χ1) is 4.84. The Labute approximate surface area is 60.5 Å². The predicted octanol–water partition coefficient (Wildman–Crippen LogP) is 1.62. The van der Waals surface area contributed by atoms with Crippen molar-refractivity contribution in [3.05, 3.63) is 24.3 Å². The average molecular weight is 136 g/mol. The van der Waals surface area contributed by atoms with E-state index in [1.165, 1.54) is 6.07 Å². The van der Waals surface area contributed by atoms with E-state index < -0.39 is 0 Å². The van der Waals surface area contributed by atoms with Crippen molar-refractivity contribution in [1.29, 1.82) is 0 Å². The molecule has 0 aliphatic heterocycles. The average Bonchev–Trinajstić information content (AvgIpc) is 1.94. The van der Waals surface area contributed by atoms with E-state index in [1.54, 1.807) is 12.1 Å². The van der Waals surface area contributed by atoms with Gasteiger partial charge in [0.05, 0.1) is 5.69 Å². The first-order valence-corrected chi connectivity index (χ1v) is 3.27. The van der Waals surface area contributed by atoms with Crippen LogP contribution >= 0.6 is 0 Å². The van der Waals surface area contributed by atoms with Crippen molar-refractivity contribution in [2.24, 2.45) is 0 Å². The van der Waals surface area contributed by atoms with E-state index in [4.69, 9.17) is 5.11 Å². The minimum atomic E-state index is 0.254. The Kier molecular flexibility index (Phi) is 2.15. The largest absolute Gasteiger partial charge is 0.506 e. The molecule has 0 atom stereocenters. The van der Waals surface area contributed by atoms with Crippen molar-refractivity contribution in [2.75, 3.05) is 11.9 Å². The Hall–Kier alpha value is -1.18. The highest BCUT2D eigenvalue weighted by atomic mass is 16.3. The zero-order valence-corrected chi connectivity index (χ0v) is 5.89. The molecule has 2 heteroatoms. The van der Waals surface area contributed by atoms with Gasteiger partial charge in [0.15, 0.2) is 0 Å². The quantitative estimate of drug-likeness (QED) is 0.605. The number of nitrogens with one attached hydrogen (secondary N) is 1. The second kappa shape index (κ2) is 3.11. The molecule has 1 rings (SSSR count). The maximum Gasteiger partial charge on any atom is 0.139 e. The van der Waals surface area contributed by atoms with E-state index in [1.807, 2.05) is 6.92 Å². The number of aromatic hydroxyl groups is 1. The molecule has 10 heavy (non-hydrogen) atoms. The van der Waals surface area contributed by atoms with Crippen LogP contribution in [0.2, 0.25) is 0 Å². The molecular formula is C8H10NO. The Bertz CT molecular complexity index is 210. The first kappa shape index (κ1) is 6.93. The molecule has 0 aliphatic rings. The summed E-state index contributed by atoms with van der Waals surface area (Å²) in [5.74, 6) is 0.254. The van der Waals surface area contributed by atoms with Crippen LogP contribution in [0, 0.1) is 6.07 Å². The molecule has 0 amide bonds. The van der Waals surface area contributed by atoms with E-state index in [9.17, 15) is 0 Å². The number of phenols is 1. The molecule has 2 nitrogen and oxygen atoms in total. The fraction of sp³-hybridized carbons (Fsp3) is 0.250. The fourth-order valence-corrected chi connectivity index (χ4v) is 0.762. The van der Waals surface area contributed by atoms with Crippen LogP contribution in [0.1, 0.15) is 6.92 Å². The lowest BCUT2D eigenvalue weighted by atomic mass is 10.3. The lowest BCUT2D eigenvalue weighted by molar-refractivity contribution is 0.477. The monoisotopic (exact) mass is 136 g/mol. The van der Waals surface area contributed by atoms with Crippen molar-refractivity contribution in [2.45, 2.75) is 6.92 Å². The summed E-state index contributed by atoms with van der Waals surface area (Å²) in [4.78, 5) is 0. The number of phenolic OH excluding ortho intramolecular Hbond substituents is 1. The van der Waals surface area contributed by atoms with E-state index in [0.717, 1.165) is 12.2 Å². The molecule has 0 spiro atoms. The number of rotatable bonds is 2. The van der Waals surface area contributed by atoms with Gasteiger partial charge in [-0.1, -0.05) is 6.07 Å². The van der Waals surface area contributed by atoms with Gasteiger partial charge in [-0.15, -0.1) is 0 Å². The maximum absolute atomic E-state index is 9.15. The van der Waals surface area contributed by atoms with Crippen molar-refractivity contribution in [3.8, 4) is 5.75 Å². The summed E-state index contributed by atoms with van der Waals surface area (Å²) in [6.07, 6.45) is 0. The normalized spacial score (nSPS) is 9.30. The van der Waals surface area contributed by atoms with Crippen molar-refractivity contribution in [3.63, 3.8) is 0 Å². The third-order valence-electron chi connectivity index (χ3n) is 1.21. The van der Waals surface area contributed by atoms with Gasteiger partial charge >= 0.3 is 0 Å². The van der Waals surface area contributed by atoms with E-state index in [2.05, 4.69) is 11.4 Å². The summed E-state index contributed by atoms with van der Waals surface area (Å²) in [5, 5.41) is 12.2. The lowest BCUT2D eigenvalue weighted by Crippen LogP contribution is -1.95. The standard InChI is InChI=1S/C8H10NO/c1-2-9-7-5-3-4-6-8(7)10/h3,5-6,9-10H,2H2,1H3. The van der Waals surface area contributed by atoms with Gasteiger partial charge < -0.3 is 10.4 Å². The van der Waals surface area contributed by atoms with E-state index >= 15 is 0 Å². The zero-order valence-electron chi connectivity index (χ0n) is 5.89. The molecular weight excluding hydrogens is 126 g/mol. The summed E-state index contributed by atoms with van der Waals surface area (Å²) in [6.45, 7) is 2.80. The number of benzene rings is 1. The van der Waals surface area contributed by atoms with Gasteiger partial charge in [-0.3, -0.25) is 0 Å². The number of hydrogen-bond donors (Lipinski definition) is 2. The Morgan fingerprint density at radius 2 is 2.50 bits per heavy atom. The highest BCUT2D eigenvalue weighted by Gasteiger charge is 1.94. The third-order valence-corrected chi connectivity index (χ3v) is 1.21. The van der Waals surface area contributed by atoms with E-state index in [0.29, 0.717) is 0 Å². The summed E-state index contributed by atoms with van der Waals surface area (Å²) in [5.41, 5.74) is 0.765. The molecule has 0 bridgehead atoms. The van der Waals surface area contributed by atoms with Gasteiger partial charge in [-0.25, -0.2) is 0 Å². The van der Waals surface area contributed by atoms with Crippen LogP contribution in [0.4, 0.5) is 5.69 Å². The summed E-state index contributed by atoms with van der Waals surface area (Å²) in [6, 6.07) is 7.86. The third kappa shape index (κ3) is 1.41. The highest BCUT2D eigenvalue weighted by molar-refractivity contribution is 5.54. The van der Waals surface area contributed by atoms with Crippen LogP contribution in [0.5, 0.6) is 5.75 Å². The van der Waals surface area contributed by atoms with Crippen LogP contribution in [0.3, 0.4) is 0 Å². The molecule has 2 N–H and O–H groups in total. The number of hydrogen-bond acceptors (Lipinski definition) is 2. The highest BCUT2D eigenvalue weighted by Crippen LogP contribution is 2.20. The molecule has 0 heterocycles. The molecule has 0 fully saturated rings. The summed E-state index contributed by atoms with van der Waals surface area (Å²) >= 11 is 0. The van der Waals surface area contributed by atoms with Gasteiger partial charge in [0.2, 0.25) is 0 Å². The predicted molar refractivity (Wildman–Crippen MR) is 41.1 cm³/mol. The minimum absolute atomic E-state index is 0.254. The lowest BCUT2D eigenvalue weighted by Gasteiger charge is -2.03. The SMILES string of the molecule is CCNc1cc[c]cc1O. The molecule has 0 aliphatic carbocycles. The molecule has 1 aromatic rings. The second-order valence-electron chi connectivity index (χ2n) is 1.97. The molecule has 0 aromatic heterocycles. The van der Waals surface area contributed by atoms with Gasteiger partial charge in [0.25, 0.3) is 0 Å². The van der Waals surface area contributed by atoms with Crippen molar-refractivity contribution >= 4 is 5.69 Å². The molecule has 1 aromatic carbocycles. The molecule has 0 saturated heterocycles. The minimum Gasteiger partial charge on any atom is -0.506 e. The van der Waals surface area contributed by atoms with Gasteiger partial charge in [-0.2, -0.15) is 0 Å².